The molecule has 0 unspecified atom stereocenters. The fraction of sp³-hybridized carbons (Fsp3) is 0.421. The molecule has 0 aromatic heterocycles. The van der Waals surface area contributed by atoms with E-state index >= 15 is 0 Å². The van der Waals surface area contributed by atoms with Crippen molar-refractivity contribution in [3.05, 3.63) is 39.4 Å². The molecule has 140 valence electrons. The zero-order chi connectivity index (χ0) is 19.6. The highest BCUT2D eigenvalue weighted by atomic mass is 35.5. The van der Waals surface area contributed by atoms with Crippen LogP contribution in [-0.2, 0) is 14.4 Å². The van der Waals surface area contributed by atoms with Gasteiger partial charge < -0.3 is 5.32 Å². The minimum atomic E-state index is -0.542. The summed E-state index contributed by atoms with van der Waals surface area (Å²) >= 11 is 7.49. The van der Waals surface area contributed by atoms with Gasteiger partial charge in [0.25, 0.3) is 0 Å². The molecule has 0 spiro atoms. The molecule has 0 aliphatic carbocycles. The number of rotatable bonds is 4. The van der Waals surface area contributed by atoms with Crippen LogP contribution >= 0.6 is 23.4 Å². The van der Waals surface area contributed by atoms with Gasteiger partial charge in [0.05, 0.1) is 21.5 Å². The third-order valence-corrected chi connectivity index (χ3v) is 5.23. The van der Waals surface area contributed by atoms with Crippen LogP contribution in [0.5, 0.6) is 0 Å². The largest absolute Gasteiger partial charge is 0.323 e. The molecule has 1 aromatic rings. The minimum Gasteiger partial charge on any atom is -0.323 e. The van der Waals surface area contributed by atoms with Gasteiger partial charge in [-0.2, -0.15) is 0 Å². The van der Waals surface area contributed by atoms with E-state index in [1.165, 1.54) is 22.7 Å². The molecule has 0 bridgehead atoms. The zero-order valence-electron chi connectivity index (χ0n) is 15.6. The number of amides is 2. The first kappa shape index (κ1) is 20.5. The molecular formula is C19H23ClN2O3S. The maximum absolute atomic E-state index is 12.4. The van der Waals surface area contributed by atoms with Gasteiger partial charge in [-0.05, 0) is 31.0 Å². The lowest BCUT2D eigenvalue weighted by atomic mass is 9.91. The Labute approximate surface area is 163 Å². The number of anilines is 1. The number of allylic oxidation sites excluding steroid dienone is 1. The molecule has 1 saturated heterocycles. The van der Waals surface area contributed by atoms with Crippen molar-refractivity contribution in [3.63, 3.8) is 0 Å². The highest BCUT2D eigenvalue weighted by Crippen LogP contribution is 2.31. The smallest absolute Gasteiger partial charge is 0.244 e. The van der Waals surface area contributed by atoms with Crippen LogP contribution in [0.3, 0.4) is 0 Å². The molecule has 1 aromatic carbocycles. The van der Waals surface area contributed by atoms with Crippen LogP contribution in [0.2, 0.25) is 5.02 Å². The van der Waals surface area contributed by atoms with Crippen LogP contribution in [0.1, 0.15) is 31.9 Å². The van der Waals surface area contributed by atoms with Crippen LogP contribution in [0.25, 0.3) is 0 Å². The summed E-state index contributed by atoms with van der Waals surface area (Å²) in [6.45, 7) is 9.07. The standard InChI is InChI=1S/C19H23ClN2O3S/c1-11-6-12(2)18(13(20)7-11)21-15(24)9-22-16(25)10-26-17(22)8-14(23)19(3,4)5/h6-8H,9-10H2,1-5H3,(H,21,24)/b17-8-. The number of hydrogen-bond acceptors (Lipinski definition) is 4. The van der Waals surface area contributed by atoms with Crippen LogP contribution in [0.15, 0.2) is 23.2 Å². The minimum absolute atomic E-state index is 0.0856. The number of hydrogen-bond donors (Lipinski definition) is 1. The Kier molecular flexibility index (Phi) is 6.19. The van der Waals surface area contributed by atoms with E-state index < -0.39 is 5.41 Å². The van der Waals surface area contributed by atoms with Gasteiger partial charge in [0, 0.05) is 11.5 Å². The SMILES string of the molecule is Cc1cc(C)c(NC(=O)CN2C(=O)CS/C2=C\C(=O)C(C)(C)C)c(Cl)c1. The van der Waals surface area contributed by atoms with Gasteiger partial charge in [0.15, 0.2) is 5.78 Å². The van der Waals surface area contributed by atoms with Gasteiger partial charge in [0.2, 0.25) is 11.8 Å². The summed E-state index contributed by atoms with van der Waals surface area (Å²) in [4.78, 5) is 38.1. The summed E-state index contributed by atoms with van der Waals surface area (Å²) in [6.07, 6.45) is 1.45. The summed E-state index contributed by atoms with van der Waals surface area (Å²) in [5.74, 6) is -0.410. The van der Waals surface area contributed by atoms with Crippen molar-refractivity contribution in [3.8, 4) is 0 Å². The monoisotopic (exact) mass is 394 g/mol. The molecule has 1 fully saturated rings. The molecular weight excluding hydrogens is 372 g/mol. The van der Waals surface area contributed by atoms with Crippen molar-refractivity contribution in [1.82, 2.24) is 4.90 Å². The van der Waals surface area contributed by atoms with E-state index in [1.54, 1.807) is 6.07 Å². The highest BCUT2D eigenvalue weighted by Gasteiger charge is 2.31. The summed E-state index contributed by atoms with van der Waals surface area (Å²) in [6, 6.07) is 3.69. The normalized spacial score (nSPS) is 16.3. The Balaban J connectivity index is 2.15. The van der Waals surface area contributed by atoms with E-state index in [0.717, 1.165) is 11.1 Å². The molecule has 0 saturated carbocycles. The summed E-state index contributed by atoms with van der Waals surface area (Å²) in [5, 5.41) is 3.74. The van der Waals surface area contributed by atoms with Crippen LogP contribution < -0.4 is 5.32 Å². The second-order valence-electron chi connectivity index (χ2n) is 7.35. The van der Waals surface area contributed by atoms with Crippen LogP contribution in [0, 0.1) is 19.3 Å². The predicted octanol–water partition coefficient (Wildman–Crippen LogP) is 3.93. The number of nitrogens with one attached hydrogen (secondary N) is 1. The highest BCUT2D eigenvalue weighted by molar-refractivity contribution is 8.04. The topological polar surface area (TPSA) is 66.5 Å². The summed E-state index contributed by atoms with van der Waals surface area (Å²) < 4.78 is 0. The molecule has 1 N–H and O–H groups in total. The number of nitrogens with zero attached hydrogens (tertiary/aromatic N) is 1. The van der Waals surface area contributed by atoms with Gasteiger partial charge >= 0.3 is 0 Å². The second kappa shape index (κ2) is 7.84. The third-order valence-electron chi connectivity index (χ3n) is 3.90. The average Bonchev–Trinajstić information content (AvgIpc) is 2.83. The molecule has 1 aliphatic heterocycles. The maximum atomic E-state index is 12.4. The number of halogens is 1. The summed E-state index contributed by atoms with van der Waals surface area (Å²) in [7, 11) is 0. The molecule has 2 rings (SSSR count). The number of ketones is 1. The first-order valence-corrected chi connectivity index (χ1v) is 9.61. The Hall–Kier alpha value is -1.79. The van der Waals surface area contributed by atoms with Crippen LogP contribution in [0.4, 0.5) is 5.69 Å². The van der Waals surface area contributed by atoms with Crippen molar-refractivity contribution >= 4 is 46.6 Å². The molecule has 7 heteroatoms. The number of carbonyl (C=O) groups excluding carboxylic acids is 3. The van der Waals surface area contributed by atoms with Crippen molar-refractivity contribution in [2.75, 3.05) is 17.6 Å². The quantitative estimate of drug-likeness (QED) is 0.786. The lowest BCUT2D eigenvalue weighted by molar-refractivity contribution is -0.129. The number of benzene rings is 1. The Morgan fingerprint density at radius 3 is 2.54 bits per heavy atom. The molecule has 1 aliphatic rings. The van der Waals surface area contributed by atoms with Crippen molar-refractivity contribution < 1.29 is 14.4 Å². The lowest BCUT2D eigenvalue weighted by Crippen LogP contribution is -2.34. The Bertz CT molecular complexity index is 773. The van der Waals surface area contributed by atoms with E-state index in [-0.39, 0.29) is 29.9 Å². The van der Waals surface area contributed by atoms with E-state index in [0.29, 0.717) is 15.7 Å². The van der Waals surface area contributed by atoms with Gasteiger partial charge in [0.1, 0.15) is 6.54 Å². The third kappa shape index (κ3) is 4.89. The molecule has 1 heterocycles. The van der Waals surface area contributed by atoms with E-state index in [2.05, 4.69) is 5.32 Å². The molecule has 26 heavy (non-hydrogen) atoms. The Morgan fingerprint density at radius 1 is 1.31 bits per heavy atom. The first-order valence-electron chi connectivity index (χ1n) is 8.25. The van der Waals surface area contributed by atoms with E-state index in [4.69, 9.17) is 11.6 Å². The lowest BCUT2D eigenvalue weighted by Gasteiger charge is -2.19. The van der Waals surface area contributed by atoms with E-state index in [1.807, 2.05) is 40.7 Å². The zero-order valence-corrected chi connectivity index (χ0v) is 17.2. The fourth-order valence-electron chi connectivity index (χ4n) is 2.43. The predicted molar refractivity (Wildman–Crippen MR) is 106 cm³/mol. The first-order chi connectivity index (χ1) is 12.0. The molecule has 0 atom stereocenters. The number of thioether (sulfide) groups is 1. The van der Waals surface area contributed by atoms with Crippen LogP contribution in [-0.4, -0.2) is 34.8 Å². The molecule has 0 radical (unpaired) electrons. The maximum Gasteiger partial charge on any atom is 0.244 e. The fourth-order valence-corrected chi connectivity index (χ4v) is 3.73. The number of aryl methyl sites for hydroxylation is 2. The molecule has 5 nitrogen and oxygen atoms in total. The average molecular weight is 395 g/mol. The second-order valence-corrected chi connectivity index (χ2v) is 8.76. The van der Waals surface area contributed by atoms with E-state index in [9.17, 15) is 14.4 Å². The number of carbonyl (C=O) groups is 3. The van der Waals surface area contributed by atoms with Gasteiger partial charge in [-0.3, -0.25) is 19.3 Å². The molecule has 2 amide bonds. The van der Waals surface area contributed by atoms with Gasteiger partial charge in [-0.25, -0.2) is 0 Å². The Morgan fingerprint density at radius 2 is 1.96 bits per heavy atom. The van der Waals surface area contributed by atoms with Gasteiger partial charge in [-0.1, -0.05) is 50.2 Å². The van der Waals surface area contributed by atoms with Crippen molar-refractivity contribution in [2.24, 2.45) is 5.41 Å². The summed E-state index contributed by atoms with van der Waals surface area (Å²) in [5.41, 5.74) is 1.85. The van der Waals surface area contributed by atoms with Gasteiger partial charge in [-0.15, -0.1) is 0 Å². The van der Waals surface area contributed by atoms with Crippen molar-refractivity contribution in [2.45, 2.75) is 34.6 Å². The van der Waals surface area contributed by atoms with Crippen molar-refractivity contribution in [1.29, 1.82) is 0 Å².